The maximum Gasteiger partial charge on any atom is 0.233 e. The fourth-order valence-corrected chi connectivity index (χ4v) is 2.79. The first-order chi connectivity index (χ1) is 11.6. The van der Waals surface area contributed by atoms with Crippen LogP contribution in [0, 0.1) is 0 Å². The van der Waals surface area contributed by atoms with Gasteiger partial charge in [0.1, 0.15) is 6.42 Å². The predicted molar refractivity (Wildman–Crippen MR) is 95.2 cm³/mol. The first-order valence-corrected chi connectivity index (χ1v) is 8.65. The average Bonchev–Trinajstić information content (AvgIpc) is 3.09. The van der Waals surface area contributed by atoms with Gasteiger partial charge in [0.15, 0.2) is 0 Å². The molecule has 0 aromatic heterocycles. The molecule has 0 spiro atoms. The predicted octanol–water partition coefficient (Wildman–Crippen LogP) is 2.16. The summed E-state index contributed by atoms with van der Waals surface area (Å²) in [7, 11) is 0. The number of carbonyl (C=O) groups excluding carboxylic acids is 2. The number of anilines is 2. The van der Waals surface area contributed by atoms with Crippen LogP contribution in [0.4, 0.5) is 11.4 Å². The third kappa shape index (κ3) is 5.53. The smallest absolute Gasteiger partial charge is 0.233 e. The van der Waals surface area contributed by atoms with E-state index < -0.39 is 0 Å². The van der Waals surface area contributed by atoms with E-state index in [0.29, 0.717) is 12.2 Å². The molecule has 1 fully saturated rings. The fraction of sp³-hybridized carbons (Fsp3) is 0.556. The van der Waals surface area contributed by atoms with Crippen LogP contribution in [0.3, 0.4) is 0 Å². The van der Waals surface area contributed by atoms with Gasteiger partial charge in [-0.3, -0.25) is 9.59 Å². The van der Waals surface area contributed by atoms with E-state index in [1.54, 1.807) is 0 Å². The third-order valence-electron chi connectivity index (χ3n) is 4.15. The Morgan fingerprint density at radius 1 is 1.17 bits per heavy atom. The highest BCUT2D eigenvalue weighted by molar-refractivity contribution is 6.03. The molecule has 1 unspecified atom stereocenters. The fourth-order valence-electron chi connectivity index (χ4n) is 2.79. The van der Waals surface area contributed by atoms with Gasteiger partial charge in [0.2, 0.25) is 11.8 Å². The first-order valence-electron chi connectivity index (χ1n) is 8.65. The molecule has 0 radical (unpaired) electrons. The molecule has 1 saturated heterocycles. The second-order valence-corrected chi connectivity index (χ2v) is 5.88. The van der Waals surface area contributed by atoms with Crippen LogP contribution in [-0.2, 0) is 14.3 Å². The van der Waals surface area contributed by atoms with E-state index in [9.17, 15) is 9.59 Å². The Balaban J connectivity index is 1.75. The van der Waals surface area contributed by atoms with Gasteiger partial charge in [0, 0.05) is 37.6 Å². The second-order valence-electron chi connectivity index (χ2n) is 5.88. The summed E-state index contributed by atoms with van der Waals surface area (Å²) in [4.78, 5) is 26.0. The lowest BCUT2D eigenvalue weighted by atomic mass is 10.2. The molecule has 6 nitrogen and oxygen atoms in total. The lowest BCUT2D eigenvalue weighted by Gasteiger charge is -2.21. The van der Waals surface area contributed by atoms with Crippen molar-refractivity contribution in [2.24, 2.45) is 0 Å². The second kappa shape index (κ2) is 9.27. The van der Waals surface area contributed by atoms with Crippen molar-refractivity contribution in [1.82, 2.24) is 5.32 Å². The highest BCUT2D eigenvalue weighted by atomic mass is 16.5. The molecule has 1 heterocycles. The minimum absolute atomic E-state index is 0.0876. The summed E-state index contributed by atoms with van der Waals surface area (Å²) in [5, 5.41) is 5.50. The molecule has 0 aliphatic carbocycles. The van der Waals surface area contributed by atoms with Crippen LogP contribution < -0.4 is 15.5 Å². The maximum atomic E-state index is 11.9. The highest BCUT2D eigenvalue weighted by Gasteiger charge is 2.17. The van der Waals surface area contributed by atoms with E-state index >= 15 is 0 Å². The van der Waals surface area contributed by atoms with Crippen molar-refractivity contribution in [3.8, 4) is 0 Å². The maximum absolute atomic E-state index is 11.9. The number of amides is 2. The van der Waals surface area contributed by atoms with Gasteiger partial charge in [0.05, 0.1) is 6.10 Å². The lowest BCUT2D eigenvalue weighted by molar-refractivity contribution is -0.127. The van der Waals surface area contributed by atoms with E-state index in [2.05, 4.69) is 29.4 Å². The van der Waals surface area contributed by atoms with Gasteiger partial charge in [-0.25, -0.2) is 0 Å². The van der Waals surface area contributed by atoms with Crippen LogP contribution in [0.1, 0.15) is 33.1 Å². The summed E-state index contributed by atoms with van der Waals surface area (Å²) in [5.74, 6) is -0.585. The summed E-state index contributed by atoms with van der Waals surface area (Å²) in [6.07, 6.45) is 1.91. The van der Waals surface area contributed by atoms with Crippen molar-refractivity contribution in [3.05, 3.63) is 24.3 Å². The van der Waals surface area contributed by atoms with Crippen LogP contribution in [-0.4, -0.2) is 44.2 Å². The van der Waals surface area contributed by atoms with Gasteiger partial charge in [-0.05, 0) is 51.0 Å². The molecule has 24 heavy (non-hydrogen) atoms. The molecular weight excluding hydrogens is 306 g/mol. The number of rotatable bonds is 8. The van der Waals surface area contributed by atoms with Crippen molar-refractivity contribution in [1.29, 1.82) is 0 Å². The van der Waals surface area contributed by atoms with Crippen LogP contribution in [0.25, 0.3) is 0 Å². The zero-order chi connectivity index (χ0) is 17.4. The van der Waals surface area contributed by atoms with Crippen molar-refractivity contribution in [3.63, 3.8) is 0 Å². The van der Waals surface area contributed by atoms with Crippen LogP contribution in [0.2, 0.25) is 0 Å². The third-order valence-corrected chi connectivity index (χ3v) is 4.15. The Bertz CT molecular complexity index is 535. The number of hydrogen-bond donors (Lipinski definition) is 2. The molecule has 1 aliphatic rings. The molecular formula is C18H27N3O3. The number of nitrogens with zero attached hydrogens (tertiary/aromatic N) is 1. The van der Waals surface area contributed by atoms with E-state index in [-0.39, 0.29) is 24.3 Å². The van der Waals surface area contributed by atoms with Crippen molar-refractivity contribution < 1.29 is 14.3 Å². The van der Waals surface area contributed by atoms with E-state index in [4.69, 9.17) is 4.74 Å². The largest absolute Gasteiger partial charge is 0.376 e. The number of hydrogen-bond acceptors (Lipinski definition) is 4. The number of ether oxygens (including phenoxy) is 1. The SMILES string of the molecule is CCN(CC)c1ccc(NC(=O)CC(=O)NCC2CCCO2)cc1. The topological polar surface area (TPSA) is 70.7 Å². The Hall–Kier alpha value is -2.08. The zero-order valence-corrected chi connectivity index (χ0v) is 14.5. The minimum Gasteiger partial charge on any atom is -0.376 e. The number of carbonyl (C=O) groups is 2. The Morgan fingerprint density at radius 3 is 2.46 bits per heavy atom. The molecule has 2 N–H and O–H groups in total. The monoisotopic (exact) mass is 333 g/mol. The molecule has 1 atom stereocenters. The molecule has 0 bridgehead atoms. The van der Waals surface area contributed by atoms with E-state index in [1.165, 1.54) is 0 Å². The van der Waals surface area contributed by atoms with Crippen molar-refractivity contribution in [2.75, 3.05) is 36.5 Å². The van der Waals surface area contributed by atoms with Crippen molar-refractivity contribution in [2.45, 2.75) is 39.2 Å². The Morgan fingerprint density at radius 2 is 1.88 bits per heavy atom. The molecule has 2 rings (SSSR count). The highest BCUT2D eigenvalue weighted by Crippen LogP contribution is 2.17. The van der Waals surface area contributed by atoms with E-state index in [0.717, 1.165) is 38.2 Å². The normalized spacial score (nSPS) is 16.7. The zero-order valence-electron chi connectivity index (χ0n) is 14.5. The molecule has 6 heteroatoms. The quantitative estimate of drug-likeness (QED) is 0.715. The summed E-state index contributed by atoms with van der Waals surface area (Å²) in [6.45, 7) is 7.32. The number of benzene rings is 1. The van der Waals surface area contributed by atoms with Crippen LogP contribution in [0.5, 0.6) is 0 Å². The van der Waals surface area contributed by atoms with Gasteiger partial charge >= 0.3 is 0 Å². The summed E-state index contributed by atoms with van der Waals surface area (Å²) >= 11 is 0. The van der Waals surface area contributed by atoms with Crippen molar-refractivity contribution >= 4 is 23.2 Å². The van der Waals surface area contributed by atoms with Gasteiger partial charge < -0.3 is 20.3 Å². The minimum atomic E-state index is -0.310. The summed E-state index contributed by atoms with van der Waals surface area (Å²) in [6, 6.07) is 7.66. The first kappa shape index (κ1) is 18.3. The average molecular weight is 333 g/mol. The summed E-state index contributed by atoms with van der Waals surface area (Å²) in [5.41, 5.74) is 1.81. The van der Waals surface area contributed by atoms with Gasteiger partial charge in [-0.15, -0.1) is 0 Å². The molecule has 1 aliphatic heterocycles. The lowest BCUT2D eigenvalue weighted by Crippen LogP contribution is -2.34. The van der Waals surface area contributed by atoms with Crippen LogP contribution >= 0.6 is 0 Å². The van der Waals surface area contributed by atoms with Crippen LogP contribution in [0.15, 0.2) is 24.3 Å². The van der Waals surface area contributed by atoms with Gasteiger partial charge in [-0.2, -0.15) is 0 Å². The number of nitrogens with one attached hydrogen (secondary N) is 2. The molecule has 0 saturated carbocycles. The molecule has 1 aromatic rings. The Kier molecular flexibility index (Phi) is 7.06. The van der Waals surface area contributed by atoms with Gasteiger partial charge in [-0.1, -0.05) is 0 Å². The molecule has 132 valence electrons. The van der Waals surface area contributed by atoms with Gasteiger partial charge in [0.25, 0.3) is 0 Å². The summed E-state index contributed by atoms with van der Waals surface area (Å²) < 4.78 is 5.43. The standard InChI is InChI=1S/C18H27N3O3/c1-3-21(4-2)15-9-7-14(8-10-15)20-18(23)12-17(22)19-13-16-6-5-11-24-16/h7-10,16H,3-6,11-13H2,1-2H3,(H,19,22)(H,20,23). The Labute approximate surface area is 143 Å². The molecule has 1 aromatic carbocycles. The van der Waals surface area contributed by atoms with E-state index in [1.807, 2.05) is 24.3 Å². The molecule has 2 amide bonds.